The molecule has 21 N–H and O–H groups in total. The molecule has 134 heavy (non-hydrogen) atoms. The second-order valence-electron chi connectivity index (χ2n) is 33.7. The van der Waals surface area contributed by atoms with E-state index in [1.165, 1.54) is 40.1 Å². The summed E-state index contributed by atoms with van der Waals surface area (Å²) in [7, 11) is 5.22. The molecule has 0 saturated carbocycles. The maximum atomic E-state index is 15.8. The van der Waals surface area contributed by atoms with E-state index in [1.807, 2.05) is 6.92 Å². The van der Waals surface area contributed by atoms with Crippen LogP contribution in [0.5, 0.6) is 5.75 Å². The molecule has 0 bridgehead atoms. The number of benzene rings is 3. The summed E-state index contributed by atoms with van der Waals surface area (Å²) in [4.78, 5) is 285. The monoisotopic (exact) mass is 1890 g/mol. The molecule has 8 rings (SSSR count). The number of para-hydroxylation sites is 2. The summed E-state index contributed by atoms with van der Waals surface area (Å²) in [6.07, 6.45) is 1.01. The van der Waals surface area contributed by atoms with Gasteiger partial charge in [0.05, 0.1) is 32.2 Å². The number of nitrogens with zero attached hydrogens (tertiary/aromatic N) is 5. The van der Waals surface area contributed by atoms with Gasteiger partial charge in [-0.2, -0.15) is 0 Å². The Balaban J connectivity index is 1.19. The van der Waals surface area contributed by atoms with Crippen LogP contribution in [0.3, 0.4) is 0 Å². The van der Waals surface area contributed by atoms with E-state index in [-0.39, 0.29) is 110 Å². The van der Waals surface area contributed by atoms with Crippen molar-refractivity contribution in [2.24, 2.45) is 17.2 Å². The van der Waals surface area contributed by atoms with Crippen molar-refractivity contribution in [1.82, 2.24) is 87.6 Å². The van der Waals surface area contributed by atoms with Gasteiger partial charge in [-0.15, -0.1) is 11.8 Å². The number of hydrogen-bond donors (Lipinski definition) is 18. The number of aliphatic carboxylic acids is 3. The number of nitrogens with two attached hydrogens (primary N) is 3. The Morgan fingerprint density at radius 1 is 0.485 bits per heavy atom. The molecule has 3 aliphatic rings. The van der Waals surface area contributed by atoms with Gasteiger partial charge in [-0.05, 0) is 131 Å². The zero-order valence-corrected chi connectivity index (χ0v) is 77.2. The van der Waals surface area contributed by atoms with Crippen molar-refractivity contribution in [3.05, 3.63) is 102 Å². The molecular weight excluding hydrogens is 1760 g/mol. The molecular formula is C90H126N20O23S. The third-order valence-electron chi connectivity index (χ3n) is 24.1. The lowest BCUT2D eigenvalue weighted by Gasteiger charge is -2.36. The number of carboxylic acids is 3. The Labute approximate surface area is 778 Å². The standard InChI is InChI=1S/C90H126N20O23S/c1-8-10-25-68-83(125)98-59(35-36-74(113)114)79(121)105-67(78(120)96-47-72(93)111)48-134-49-73(112)97-61(34-31-51-29-32-54(133-7)33-30-51)86(128)106(4)50(3)77(119)102-65(43-76(117)118)89(131)110-39-19-28-70(110)85(127)104-66(44-92)82(124)99-60(24-16-17-37-91)88(130)109-38-18-27-69(109)84(126)101-62(40-52-45-94-57-22-14-12-20-55(52)57)80(122)100-63(42-75(115)116)81(123)103-64(41-53-46-95-58-23-15-13-21-56(53)58)87(129)108(6)71(26-11-9-2)90(132)107(68)5/h12-15,20-23,29-30,32-33,45-46,50,59-71,94-95H,8-11,16-19,24-28,31,34-44,47-49,91-92H2,1-7H3,(H2,93,111)(H,96,120)(H,97,112)(H,98,125)(H,99,124)(H,100,122)(H,101,126)(H,102,119)(H,103,123)(H,104,127)(H,105,121)(H,113,114)(H,115,116)(H,117,118)/t50-,59-,60-,61-,62-,63-,64-,65-,66-,67-,68-,69?,70?,71-/m0/s1. The van der Waals surface area contributed by atoms with Crippen molar-refractivity contribution in [1.29, 1.82) is 0 Å². The third-order valence-corrected chi connectivity index (χ3v) is 25.2. The van der Waals surface area contributed by atoms with Crippen LogP contribution in [-0.4, -0.2) is 319 Å². The first kappa shape index (κ1) is 106. The lowest BCUT2D eigenvalue weighted by molar-refractivity contribution is -0.149. The number of likely N-dealkylation sites (N-methyl/N-ethyl adjacent to an activating group) is 3. The molecule has 0 aliphatic carbocycles. The Bertz CT molecular complexity index is 5030. The zero-order chi connectivity index (χ0) is 98.2. The summed E-state index contributed by atoms with van der Waals surface area (Å²) in [5.74, 6) is -21.0. The lowest BCUT2D eigenvalue weighted by Crippen LogP contribution is -2.61. The van der Waals surface area contributed by atoms with Gasteiger partial charge in [0.2, 0.25) is 94.5 Å². The molecule has 730 valence electrons. The normalized spacial score (nSPS) is 24.2. The number of nitrogens with one attached hydrogen (secondary N) is 12. The predicted octanol–water partition coefficient (Wildman–Crippen LogP) is -1.45. The van der Waals surface area contributed by atoms with Gasteiger partial charge in [0, 0.05) is 100.0 Å². The van der Waals surface area contributed by atoms with Crippen LogP contribution >= 0.6 is 11.8 Å². The lowest BCUT2D eigenvalue weighted by atomic mass is 9.99. The van der Waals surface area contributed by atoms with E-state index in [1.54, 1.807) is 92.1 Å². The van der Waals surface area contributed by atoms with Gasteiger partial charge in [-0.1, -0.05) is 88.1 Å². The molecule has 3 saturated heterocycles. The number of aryl methyl sites for hydroxylation is 1. The number of aromatic amines is 2. The highest BCUT2D eigenvalue weighted by Crippen LogP contribution is 2.28. The molecule has 43 nitrogen and oxygen atoms in total. The van der Waals surface area contributed by atoms with Gasteiger partial charge in [-0.25, -0.2) is 0 Å². The van der Waals surface area contributed by atoms with Crippen molar-refractivity contribution in [2.75, 3.05) is 72.5 Å². The molecule has 5 aromatic rings. The summed E-state index contributed by atoms with van der Waals surface area (Å²) in [5.41, 5.74) is 20.3. The first-order chi connectivity index (χ1) is 63.9. The van der Waals surface area contributed by atoms with Crippen LogP contribution in [-0.2, 0) is 110 Å². The molecule has 3 aliphatic heterocycles. The van der Waals surface area contributed by atoms with Gasteiger partial charge in [0.25, 0.3) is 0 Å². The highest BCUT2D eigenvalue weighted by atomic mass is 32.2. The number of unbranched alkanes of at least 4 members (excludes halogenated alkanes) is 3. The number of methoxy groups -OCH3 is 1. The second kappa shape index (κ2) is 51.7. The average molecular weight is 1890 g/mol. The van der Waals surface area contributed by atoms with Gasteiger partial charge in [0.1, 0.15) is 90.3 Å². The third kappa shape index (κ3) is 29.9. The van der Waals surface area contributed by atoms with E-state index >= 15 is 33.6 Å². The van der Waals surface area contributed by atoms with Crippen molar-refractivity contribution in [3.63, 3.8) is 0 Å². The van der Waals surface area contributed by atoms with Gasteiger partial charge in [0.15, 0.2) is 0 Å². The van der Waals surface area contributed by atoms with Crippen LogP contribution in [0.15, 0.2) is 85.2 Å². The first-order valence-corrected chi connectivity index (χ1v) is 46.1. The quantitative estimate of drug-likeness (QED) is 0.0244. The maximum absolute atomic E-state index is 15.8. The fourth-order valence-electron chi connectivity index (χ4n) is 16.4. The second-order valence-corrected chi connectivity index (χ2v) is 34.7. The zero-order valence-electron chi connectivity index (χ0n) is 76.3. The SMILES string of the molecule is CCCC[C@H]1C(=O)N(C)[C@@H](CCCC)C(=O)N[C@@H](CCC(=O)O)C(=O)N[C@H](C(=O)NCC(N)=O)CSCC(=O)N[C@@H](CCc2ccc(OC)cc2)C(=O)N(C)[C@@H](C)C(=O)N[C@@H](CC(=O)O)C(=O)N2CCCC2C(=O)N[C@@H](CN)C(=O)N[C@@H](CCCCN)C(=O)N2CCCC2C(=O)N[C@@H](Cc2c[nH]c3ccccc23)C(=O)N[C@@H](CC(=O)O)C(=O)N[C@@H](Cc2c[nH]c3ccccc23)C(=O)N1C. The molecule has 2 unspecified atom stereocenters. The molecule has 2 aromatic heterocycles. The number of carboxylic acid groups (broad SMARTS) is 3. The van der Waals surface area contributed by atoms with Crippen molar-refractivity contribution < 1.29 is 111 Å². The number of amides is 16. The minimum atomic E-state index is -2.03. The smallest absolute Gasteiger partial charge is 0.305 e. The summed E-state index contributed by atoms with van der Waals surface area (Å²) < 4.78 is 5.31. The fourth-order valence-corrected chi connectivity index (χ4v) is 17.3. The van der Waals surface area contributed by atoms with E-state index in [0.29, 0.717) is 63.5 Å². The number of fused-ring (bicyclic) bond motifs is 4. The Kier molecular flexibility index (Phi) is 40.9. The van der Waals surface area contributed by atoms with E-state index in [4.69, 9.17) is 21.9 Å². The number of carbonyl (C=O) groups excluding carboxylic acids is 16. The summed E-state index contributed by atoms with van der Waals surface area (Å²) in [5, 5.41) is 57.6. The highest BCUT2D eigenvalue weighted by Gasteiger charge is 2.46. The number of hydrogen-bond acceptors (Lipinski definition) is 23. The summed E-state index contributed by atoms with van der Waals surface area (Å²) in [6.45, 7) is 3.43. The van der Waals surface area contributed by atoms with Crippen molar-refractivity contribution in [2.45, 2.75) is 240 Å². The molecule has 0 radical (unpaired) electrons. The predicted molar refractivity (Wildman–Crippen MR) is 489 cm³/mol. The van der Waals surface area contributed by atoms with Crippen LogP contribution < -0.4 is 75.1 Å². The summed E-state index contributed by atoms with van der Waals surface area (Å²) in [6, 6.07) is -1.94. The number of thioether (sulfide) groups is 1. The highest BCUT2D eigenvalue weighted by molar-refractivity contribution is 8.00. The molecule has 3 aromatic carbocycles. The van der Waals surface area contributed by atoms with Crippen LogP contribution in [0.2, 0.25) is 0 Å². The number of aromatic nitrogens is 2. The van der Waals surface area contributed by atoms with Crippen LogP contribution in [0.25, 0.3) is 21.8 Å². The van der Waals surface area contributed by atoms with Gasteiger partial charge < -0.3 is 125 Å². The molecule has 5 heterocycles. The van der Waals surface area contributed by atoms with Crippen molar-refractivity contribution >= 4 is 146 Å². The molecule has 16 amide bonds. The van der Waals surface area contributed by atoms with E-state index < -0.39 is 247 Å². The first-order valence-electron chi connectivity index (χ1n) is 45.0. The van der Waals surface area contributed by atoms with E-state index in [2.05, 4.69) is 63.1 Å². The molecule has 0 spiro atoms. The Morgan fingerprint density at radius 2 is 0.970 bits per heavy atom. The van der Waals surface area contributed by atoms with Crippen molar-refractivity contribution in [3.8, 4) is 5.75 Å². The van der Waals surface area contributed by atoms with E-state index in [0.717, 1.165) is 31.4 Å². The molecule has 3 fully saturated rings. The van der Waals surface area contributed by atoms with Crippen LogP contribution in [0, 0.1) is 0 Å². The topological polar surface area (TPSA) is 640 Å². The van der Waals surface area contributed by atoms with Gasteiger partial charge in [-0.3, -0.25) is 91.1 Å². The maximum Gasteiger partial charge on any atom is 0.305 e. The molecule has 14 atom stereocenters. The van der Waals surface area contributed by atoms with Crippen LogP contribution in [0.1, 0.15) is 153 Å². The number of rotatable bonds is 29. The van der Waals surface area contributed by atoms with E-state index in [9.17, 15) is 72.9 Å². The molecule has 44 heteroatoms. The number of primary amides is 1. The van der Waals surface area contributed by atoms with Gasteiger partial charge >= 0.3 is 17.9 Å². The van der Waals surface area contributed by atoms with Crippen LogP contribution in [0.4, 0.5) is 0 Å². The number of H-pyrrole nitrogens is 2. The number of ether oxygens (including phenoxy) is 1. The average Bonchev–Trinajstić information content (AvgIpc) is 1.43. The minimum absolute atomic E-state index is 0.00466. The largest absolute Gasteiger partial charge is 0.497 e. The Hall–Kier alpha value is -13.3. The summed E-state index contributed by atoms with van der Waals surface area (Å²) >= 11 is 0.719. The fraction of sp³-hybridized carbons (Fsp3) is 0.544. The minimum Gasteiger partial charge on any atom is -0.497 e. The number of carbonyl (C=O) groups is 19. The Morgan fingerprint density at radius 3 is 1.53 bits per heavy atom.